The van der Waals surface area contributed by atoms with Gasteiger partial charge in [-0.2, -0.15) is 0 Å². The van der Waals surface area contributed by atoms with Crippen LogP contribution in [0.2, 0.25) is 0 Å². The van der Waals surface area contributed by atoms with Crippen molar-refractivity contribution in [3.63, 3.8) is 0 Å². The summed E-state index contributed by atoms with van der Waals surface area (Å²) in [5.74, 6) is -0.674. The summed E-state index contributed by atoms with van der Waals surface area (Å²) in [6.07, 6.45) is 3.12. The lowest BCUT2D eigenvalue weighted by molar-refractivity contribution is -0.0381. The number of aryl methyl sites for hydroxylation is 1. The third-order valence-electron chi connectivity index (χ3n) is 7.59. The van der Waals surface area contributed by atoms with Crippen molar-refractivity contribution in [2.45, 2.75) is 31.9 Å². The molecule has 3 aromatic carbocycles. The molecule has 2 aliphatic rings. The molecule has 8 nitrogen and oxygen atoms in total. The summed E-state index contributed by atoms with van der Waals surface area (Å²) in [4.78, 5) is 20.0. The van der Waals surface area contributed by atoms with Crippen LogP contribution in [0.4, 0.5) is 33.0 Å². The van der Waals surface area contributed by atoms with Gasteiger partial charge in [-0.25, -0.2) is 9.37 Å². The van der Waals surface area contributed by atoms with Crippen molar-refractivity contribution in [1.29, 1.82) is 0 Å². The number of piperidine rings is 1. The number of benzene rings is 3. The highest BCUT2D eigenvalue weighted by Crippen LogP contribution is 2.37. The second-order valence-corrected chi connectivity index (χ2v) is 10.5. The van der Waals surface area contributed by atoms with Gasteiger partial charge >= 0.3 is 0 Å². The molecule has 9 heteroatoms. The molecule has 0 aliphatic carbocycles. The van der Waals surface area contributed by atoms with Crippen molar-refractivity contribution < 1.29 is 19.4 Å². The zero-order valence-corrected chi connectivity index (χ0v) is 22.0. The number of hydrogen-bond donors (Lipinski definition) is 5. The summed E-state index contributed by atoms with van der Waals surface area (Å²) in [7, 11) is 0. The number of aromatic hydroxyl groups is 1. The number of likely N-dealkylation sites (tertiary alicyclic amines) is 1. The first-order chi connectivity index (χ1) is 19.3. The zero-order valence-electron chi connectivity index (χ0n) is 22.0. The predicted molar refractivity (Wildman–Crippen MR) is 153 cm³/mol. The largest absolute Gasteiger partial charge is 0.508 e. The molecule has 6 rings (SSSR count). The number of nitrogens with zero attached hydrogens (tertiary/aromatic N) is 2. The Morgan fingerprint density at radius 2 is 1.88 bits per heavy atom. The molecule has 1 fully saturated rings. The van der Waals surface area contributed by atoms with Crippen molar-refractivity contribution in [1.82, 2.24) is 9.88 Å². The average Bonchev–Trinajstić information content (AvgIpc) is 3.08. The third-order valence-corrected chi connectivity index (χ3v) is 7.59. The highest BCUT2D eigenvalue weighted by Gasteiger charge is 2.35. The Hall–Kier alpha value is -4.47. The number of pyridine rings is 1. The minimum Gasteiger partial charge on any atom is -0.508 e. The monoisotopic (exact) mass is 539 g/mol. The number of hydrogen-bond acceptors (Lipinski definition) is 7. The third kappa shape index (κ3) is 4.97. The van der Waals surface area contributed by atoms with Crippen LogP contribution >= 0.6 is 0 Å². The van der Waals surface area contributed by atoms with E-state index in [1.54, 1.807) is 13.0 Å². The maximum atomic E-state index is 14.6. The van der Waals surface area contributed by atoms with Crippen LogP contribution in [0.1, 0.15) is 39.9 Å². The molecule has 0 saturated carbocycles. The van der Waals surface area contributed by atoms with Gasteiger partial charge in [0.25, 0.3) is 5.91 Å². The average molecular weight is 540 g/mol. The summed E-state index contributed by atoms with van der Waals surface area (Å²) >= 11 is 0. The van der Waals surface area contributed by atoms with Crippen LogP contribution in [-0.2, 0) is 12.1 Å². The van der Waals surface area contributed by atoms with Gasteiger partial charge in [0.05, 0.1) is 22.7 Å². The van der Waals surface area contributed by atoms with Crippen LogP contribution in [0.3, 0.4) is 0 Å². The first kappa shape index (κ1) is 25.8. The fourth-order valence-corrected chi connectivity index (χ4v) is 5.51. The summed E-state index contributed by atoms with van der Waals surface area (Å²) in [5.41, 5.74) is 3.33. The number of anilines is 5. The fraction of sp³-hybridized carbons (Fsp3) is 0.226. The number of phenolic OH excluding ortho intramolecular Hbond substituents is 1. The van der Waals surface area contributed by atoms with E-state index in [0.29, 0.717) is 48.0 Å². The van der Waals surface area contributed by atoms with Gasteiger partial charge in [0.15, 0.2) is 0 Å². The van der Waals surface area contributed by atoms with Gasteiger partial charge in [0, 0.05) is 25.4 Å². The molecule has 5 N–H and O–H groups in total. The van der Waals surface area contributed by atoms with E-state index in [-0.39, 0.29) is 17.0 Å². The number of aromatic nitrogens is 1. The van der Waals surface area contributed by atoms with Crippen LogP contribution in [0.25, 0.3) is 0 Å². The summed E-state index contributed by atoms with van der Waals surface area (Å²) in [5, 5.41) is 30.6. The standard InChI is InChI=1S/C31H30FN5O3/c1-19-14-22(32)25(16-27(19)38)34-24-10-12-33-29-28(24)30(39)36-26-15-20(8-9-23(26)35-29)17-37-13-5-11-31(40,18-37)21-6-3-2-4-7-21/h2-4,6-10,12,14-16,38,40H,5,11,13,17-18H2,1H3,(H,36,39)(H2,33,34,35). The molecule has 2 aliphatic heterocycles. The smallest absolute Gasteiger partial charge is 0.261 e. The Morgan fingerprint density at radius 1 is 1.05 bits per heavy atom. The molecule has 0 spiro atoms. The highest BCUT2D eigenvalue weighted by atomic mass is 19.1. The number of β-amino-alcohol motifs (C(OH)–C–C–N with tert-alkyl or cyclic N) is 1. The second-order valence-electron chi connectivity index (χ2n) is 10.5. The quantitative estimate of drug-likeness (QED) is 0.219. The Morgan fingerprint density at radius 3 is 2.70 bits per heavy atom. The number of phenols is 1. The van der Waals surface area contributed by atoms with Crippen molar-refractivity contribution in [3.05, 3.63) is 101 Å². The van der Waals surface area contributed by atoms with E-state index in [4.69, 9.17) is 0 Å². The van der Waals surface area contributed by atoms with Gasteiger partial charge in [0.1, 0.15) is 28.5 Å². The van der Waals surface area contributed by atoms with Gasteiger partial charge in [-0.3, -0.25) is 9.69 Å². The summed E-state index contributed by atoms with van der Waals surface area (Å²) in [6.45, 7) is 3.62. The predicted octanol–water partition coefficient (Wildman–Crippen LogP) is 5.77. The molecule has 3 heterocycles. The lowest BCUT2D eigenvalue weighted by Crippen LogP contribution is -2.45. The Bertz CT molecular complexity index is 1600. The molecular formula is C31H30FN5O3. The molecule has 1 aromatic heterocycles. The lowest BCUT2D eigenvalue weighted by Gasteiger charge is -2.39. The number of carbonyl (C=O) groups excluding carboxylic acids is 1. The van der Waals surface area contributed by atoms with Gasteiger partial charge in [-0.05, 0) is 67.3 Å². The molecular weight excluding hydrogens is 509 g/mol. The van der Waals surface area contributed by atoms with Gasteiger partial charge < -0.3 is 26.2 Å². The van der Waals surface area contributed by atoms with Gasteiger partial charge in [-0.15, -0.1) is 0 Å². The minimum absolute atomic E-state index is 0.0466. The Kier molecular flexibility index (Phi) is 6.61. The molecule has 1 saturated heterocycles. The van der Waals surface area contributed by atoms with E-state index in [1.165, 1.54) is 18.3 Å². The van der Waals surface area contributed by atoms with Gasteiger partial charge in [-0.1, -0.05) is 36.4 Å². The van der Waals surface area contributed by atoms with E-state index >= 15 is 0 Å². The number of carbonyl (C=O) groups is 1. The van der Waals surface area contributed by atoms with Crippen molar-refractivity contribution in [2.24, 2.45) is 0 Å². The SMILES string of the molecule is Cc1cc(F)c(Nc2ccnc3c2C(=O)Nc2cc(CN4CCCC(O)(c5ccccc5)C4)ccc2N3)cc1O. The van der Waals surface area contributed by atoms with Crippen LogP contribution in [0.15, 0.2) is 72.9 Å². The van der Waals surface area contributed by atoms with Gasteiger partial charge in [0.2, 0.25) is 0 Å². The van der Waals surface area contributed by atoms with Crippen molar-refractivity contribution in [3.8, 4) is 5.75 Å². The van der Waals surface area contributed by atoms with Crippen LogP contribution in [-0.4, -0.2) is 39.1 Å². The molecule has 1 amide bonds. The normalized spacial score (nSPS) is 18.6. The van der Waals surface area contributed by atoms with Crippen molar-refractivity contribution >= 4 is 34.5 Å². The highest BCUT2D eigenvalue weighted by molar-refractivity contribution is 6.15. The first-order valence-electron chi connectivity index (χ1n) is 13.3. The second kappa shape index (κ2) is 10.3. The van der Waals surface area contributed by atoms with Crippen LogP contribution in [0.5, 0.6) is 5.75 Å². The van der Waals surface area contributed by atoms with E-state index < -0.39 is 17.3 Å². The number of amides is 1. The van der Waals surface area contributed by atoms with Crippen molar-refractivity contribution in [2.75, 3.05) is 29.0 Å². The zero-order chi connectivity index (χ0) is 27.9. The summed E-state index contributed by atoms with van der Waals surface area (Å²) < 4.78 is 14.6. The molecule has 0 radical (unpaired) electrons. The molecule has 40 heavy (non-hydrogen) atoms. The number of halogens is 1. The fourth-order valence-electron chi connectivity index (χ4n) is 5.51. The number of fused-ring (bicyclic) bond motifs is 2. The Balaban J connectivity index is 1.23. The molecule has 1 unspecified atom stereocenters. The van der Waals surface area contributed by atoms with E-state index in [9.17, 15) is 19.4 Å². The molecule has 4 aromatic rings. The van der Waals surface area contributed by atoms with Crippen LogP contribution in [0, 0.1) is 12.7 Å². The Labute approximate surface area is 231 Å². The molecule has 0 bridgehead atoms. The minimum atomic E-state index is -0.897. The number of rotatable bonds is 5. The summed E-state index contributed by atoms with van der Waals surface area (Å²) in [6, 6.07) is 19.7. The van der Waals surface area contributed by atoms with E-state index in [0.717, 1.165) is 24.1 Å². The van der Waals surface area contributed by atoms with E-state index in [2.05, 4.69) is 25.8 Å². The number of nitrogens with one attached hydrogen (secondary N) is 3. The van der Waals surface area contributed by atoms with E-state index in [1.807, 2.05) is 48.5 Å². The maximum absolute atomic E-state index is 14.6. The first-order valence-corrected chi connectivity index (χ1v) is 13.3. The molecule has 1 atom stereocenters. The number of aliphatic hydroxyl groups is 1. The van der Waals surface area contributed by atoms with Crippen LogP contribution < -0.4 is 16.0 Å². The lowest BCUT2D eigenvalue weighted by atomic mass is 9.85. The molecule has 204 valence electrons. The maximum Gasteiger partial charge on any atom is 0.261 e. The topological polar surface area (TPSA) is 110 Å².